The van der Waals surface area contributed by atoms with Gasteiger partial charge in [0, 0.05) is 42.7 Å². The van der Waals surface area contributed by atoms with E-state index < -0.39 is 0 Å². The monoisotopic (exact) mass is 451 g/mol. The minimum atomic E-state index is 0.0113. The average Bonchev–Trinajstić information content (AvgIpc) is 3.18. The Morgan fingerprint density at radius 1 is 1.15 bits per heavy atom. The van der Waals surface area contributed by atoms with Crippen LogP contribution in [0.25, 0.3) is 44.1 Å². The van der Waals surface area contributed by atoms with Crippen molar-refractivity contribution in [2.24, 2.45) is 20.0 Å². The number of nitriles is 1. The Morgan fingerprint density at radius 3 is 2.74 bits per heavy atom. The minimum absolute atomic E-state index is 0.0113. The maximum atomic E-state index is 13.4. The third kappa shape index (κ3) is 2.55. The molecule has 0 spiro atoms. The quantitative estimate of drug-likeness (QED) is 0.436. The van der Waals surface area contributed by atoms with Gasteiger partial charge in [0.15, 0.2) is 0 Å². The fourth-order valence-corrected chi connectivity index (χ4v) is 6.05. The standard InChI is InChI=1S/C26H25N7O/c1-31-20-13-28-25-22(24(20)33(26(31)34)17-5-3-4-6-17)21(23(30-25)18-10-15(18)11-27)14-7-8-19-16(9-14)12-29-32(19)2/h7-9,12-13,15,17-18H,3-6,10H2,1-2H3,(H,28,30). The first-order chi connectivity index (χ1) is 16.6. The van der Waals surface area contributed by atoms with E-state index in [-0.39, 0.29) is 23.6 Å². The number of hydrogen-bond acceptors (Lipinski definition) is 4. The van der Waals surface area contributed by atoms with Crippen molar-refractivity contribution in [1.29, 1.82) is 5.26 Å². The molecule has 2 saturated carbocycles. The lowest BCUT2D eigenvalue weighted by Gasteiger charge is -2.13. The topological polar surface area (TPSA) is 97.2 Å². The van der Waals surface area contributed by atoms with E-state index in [1.807, 2.05) is 35.7 Å². The van der Waals surface area contributed by atoms with Gasteiger partial charge in [0.2, 0.25) is 0 Å². The number of pyridine rings is 1. The van der Waals surface area contributed by atoms with E-state index in [9.17, 15) is 10.1 Å². The number of aryl methyl sites for hydroxylation is 2. The van der Waals surface area contributed by atoms with E-state index in [1.165, 1.54) is 0 Å². The van der Waals surface area contributed by atoms with Gasteiger partial charge in [0.05, 0.1) is 46.3 Å². The van der Waals surface area contributed by atoms with Crippen LogP contribution in [-0.2, 0) is 14.1 Å². The molecule has 0 bridgehead atoms. The maximum Gasteiger partial charge on any atom is 0.329 e. The lowest BCUT2D eigenvalue weighted by Crippen LogP contribution is -2.24. The molecule has 1 aromatic carbocycles. The molecule has 1 N–H and O–H groups in total. The summed E-state index contributed by atoms with van der Waals surface area (Å²) in [5.41, 5.74) is 6.87. The number of hydrogen-bond donors (Lipinski definition) is 1. The van der Waals surface area contributed by atoms with Crippen molar-refractivity contribution in [2.75, 3.05) is 0 Å². The van der Waals surface area contributed by atoms with Crippen LogP contribution >= 0.6 is 0 Å². The summed E-state index contributed by atoms with van der Waals surface area (Å²) < 4.78 is 5.62. The Morgan fingerprint density at radius 2 is 1.97 bits per heavy atom. The predicted octanol–water partition coefficient (Wildman–Crippen LogP) is 4.51. The normalized spacial score (nSPS) is 20.6. The molecule has 5 aromatic rings. The number of fused-ring (bicyclic) bond motifs is 4. The maximum absolute atomic E-state index is 13.4. The molecule has 2 aliphatic carbocycles. The number of aromatic nitrogens is 6. The fourth-order valence-electron chi connectivity index (χ4n) is 6.05. The van der Waals surface area contributed by atoms with Crippen molar-refractivity contribution >= 4 is 33.0 Å². The van der Waals surface area contributed by atoms with Crippen LogP contribution in [-0.4, -0.2) is 28.9 Å². The second kappa shape index (κ2) is 6.83. The third-order valence-corrected chi connectivity index (χ3v) is 7.95. The van der Waals surface area contributed by atoms with E-state index in [0.29, 0.717) is 0 Å². The summed E-state index contributed by atoms with van der Waals surface area (Å²) in [5.74, 6) is 0.168. The summed E-state index contributed by atoms with van der Waals surface area (Å²) in [5, 5.41) is 16.0. The molecule has 7 rings (SSSR count). The molecular formula is C26H25N7O. The summed E-state index contributed by atoms with van der Waals surface area (Å²) in [6.45, 7) is 0. The number of rotatable bonds is 3. The van der Waals surface area contributed by atoms with Crippen LogP contribution in [0.3, 0.4) is 0 Å². The zero-order valence-corrected chi connectivity index (χ0v) is 19.2. The van der Waals surface area contributed by atoms with E-state index in [1.54, 1.807) is 4.57 Å². The first kappa shape index (κ1) is 19.6. The van der Waals surface area contributed by atoms with Crippen molar-refractivity contribution in [3.05, 3.63) is 46.8 Å². The molecule has 34 heavy (non-hydrogen) atoms. The van der Waals surface area contributed by atoms with Crippen LogP contribution in [0.1, 0.15) is 49.8 Å². The molecule has 4 aromatic heterocycles. The highest BCUT2D eigenvalue weighted by Crippen LogP contribution is 2.52. The van der Waals surface area contributed by atoms with Crippen molar-refractivity contribution in [2.45, 2.75) is 44.1 Å². The highest BCUT2D eigenvalue weighted by Gasteiger charge is 2.42. The van der Waals surface area contributed by atoms with Crippen LogP contribution < -0.4 is 5.69 Å². The van der Waals surface area contributed by atoms with Gasteiger partial charge in [-0.05, 0) is 37.0 Å². The molecule has 2 aliphatic rings. The molecule has 8 nitrogen and oxygen atoms in total. The van der Waals surface area contributed by atoms with Crippen molar-refractivity contribution in [1.82, 2.24) is 28.9 Å². The first-order valence-corrected chi connectivity index (χ1v) is 12.0. The van der Waals surface area contributed by atoms with E-state index >= 15 is 0 Å². The second-order valence-corrected chi connectivity index (χ2v) is 9.90. The Balaban J connectivity index is 1.60. The van der Waals surface area contributed by atoms with Gasteiger partial charge in [-0.2, -0.15) is 10.4 Å². The molecule has 170 valence electrons. The van der Waals surface area contributed by atoms with E-state index in [4.69, 9.17) is 4.98 Å². The molecule has 2 unspecified atom stereocenters. The molecule has 4 heterocycles. The molecule has 0 amide bonds. The van der Waals surface area contributed by atoms with Crippen LogP contribution in [0.2, 0.25) is 0 Å². The number of nitrogens with one attached hydrogen (secondary N) is 1. The molecule has 2 fully saturated rings. The summed E-state index contributed by atoms with van der Waals surface area (Å²) in [6, 6.07) is 9.03. The largest absolute Gasteiger partial charge is 0.342 e. The fraction of sp³-hybridized carbons (Fsp3) is 0.385. The molecule has 2 atom stereocenters. The van der Waals surface area contributed by atoms with Gasteiger partial charge in [0.1, 0.15) is 5.65 Å². The highest BCUT2D eigenvalue weighted by atomic mass is 16.1. The lowest BCUT2D eigenvalue weighted by molar-refractivity contribution is 0.510. The smallest absolute Gasteiger partial charge is 0.329 e. The van der Waals surface area contributed by atoms with Crippen LogP contribution in [0, 0.1) is 17.2 Å². The van der Waals surface area contributed by atoms with Crippen molar-refractivity contribution < 1.29 is 0 Å². The van der Waals surface area contributed by atoms with Gasteiger partial charge in [-0.1, -0.05) is 18.9 Å². The molecule has 8 heteroatoms. The van der Waals surface area contributed by atoms with Gasteiger partial charge < -0.3 is 4.98 Å². The van der Waals surface area contributed by atoms with Crippen LogP contribution in [0.15, 0.2) is 35.4 Å². The summed E-state index contributed by atoms with van der Waals surface area (Å²) >= 11 is 0. The summed E-state index contributed by atoms with van der Waals surface area (Å²) in [6.07, 6.45) is 8.89. The lowest BCUT2D eigenvalue weighted by atomic mass is 9.98. The highest BCUT2D eigenvalue weighted by molar-refractivity contribution is 6.11. The Hall–Kier alpha value is -3.86. The third-order valence-electron chi connectivity index (χ3n) is 7.95. The molecular weight excluding hydrogens is 426 g/mol. The first-order valence-electron chi connectivity index (χ1n) is 12.0. The SMILES string of the molecule is Cn1ncc2cc(-c3c(C4CC4C#N)[nH]c4ncc5c(c34)n(C3CCCC3)c(=O)n5C)ccc21. The van der Waals surface area contributed by atoms with Crippen molar-refractivity contribution in [3.63, 3.8) is 0 Å². The minimum Gasteiger partial charge on any atom is -0.342 e. The summed E-state index contributed by atoms with van der Waals surface area (Å²) in [7, 11) is 3.78. The zero-order chi connectivity index (χ0) is 23.1. The van der Waals surface area contributed by atoms with Crippen LogP contribution in [0.5, 0.6) is 0 Å². The Labute approximate surface area is 195 Å². The Bertz CT molecular complexity index is 1720. The molecule has 0 saturated heterocycles. The summed E-state index contributed by atoms with van der Waals surface area (Å²) in [4.78, 5) is 21.8. The average molecular weight is 452 g/mol. The predicted molar refractivity (Wildman–Crippen MR) is 131 cm³/mol. The second-order valence-electron chi connectivity index (χ2n) is 9.90. The number of nitrogens with zero attached hydrogens (tertiary/aromatic N) is 6. The van der Waals surface area contributed by atoms with Crippen molar-refractivity contribution in [3.8, 4) is 17.2 Å². The van der Waals surface area contributed by atoms with E-state index in [0.717, 1.165) is 81.9 Å². The number of benzene rings is 1. The number of aromatic amines is 1. The van der Waals surface area contributed by atoms with Gasteiger partial charge in [0.25, 0.3) is 0 Å². The van der Waals surface area contributed by atoms with Crippen LogP contribution in [0.4, 0.5) is 0 Å². The molecule has 0 aliphatic heterocycles. The Kier molecular flexibility index (Phi) is 3.93. The van der Waals surface area contributed by atoms with Gasteiger partial charge in [-0.25, -0.2) is 9.78 Å². The number of imidazole rings is 1. The molecule has 0 radical (unpaired) electrons. The van der Waals surface area contributed by atoms with Gasteiger partial charge in [-0.15, -0.1) is 0 Å². The van der Waals surface area contributed by atoms with Gasteiger partial charge in [-0.3, -0.25) is 13.8 Å². The van der Waals surface area contributed by atoms with Gasteiger partial charge >= 0.3 is 5.69 Å². The van der Waals surface area contributed by atoms with E-state index in [2.05, 4.69) is 34.4 Å². The number of H-pyrrole nitrogens is 1. The zero-order valence-electron chi connectivity index (χ0n) is 19.2.